The Kier molecular flexibility index (Phi) is 5.52. The molecule has 2 rings (SSSR count). The van der Waals surface area contributed by atoms with Crippen LogP contribution in [0.25, 0.3) is 0 Å². The van der Waals surface area contributed by atoms with Gasteiger partial charge in [0.1, 0.15) is 12.4 Å². The van der Waals surface area contributed by atoms with Crippen molar-refractivity contribution >= 4 is 28.9 Å². The lowest BCUT2D eigenvalue weighted by Crippen LogP contribution is -2.36. The largest absolute Gasteiger partial charge is 0.378 e. The quantitative estimate of drug-likeness (QED) is 0.918. The van der Waals surface area contributed by atoms with E-state index in [1.54, 1.807) is 18.2 Å². The van der Waals surface area contributed by atoms with Gasteiger partial charge in [0.05, 0.1) is 0 Å². The van der Waals surface area contributed by atoms with Gasteiger partial charge in [0, 0.05) is 38.1 Å². The fraction of sp³-hybridized carbons (Fsp3) is 0.222. The van der Waals surface area contributed by atoms with Crippen molar-refractivity contribution in [2.45, 2.75) is 6.92 Å². The zero-order valence-electron chi connectivity index (χ0n) is 13.9. The molecule has 24 heavy (non-hydrogen) atoms. The van der Waals surface area contributed by atoms with Crippen LogP contribution in [0.3, 0.4) is 0 Å². The summed E-state index contributed by atoms with van der Waals surface area (Å²) < 4.78 is 13.2. The number of rotatable bonds is 5. The maximum absolute atomic E-state index is 13.2. The molecule has 0 heterocycles. The van der Waals surface area contributed by atoms with E-state index in [2.05, 4.69) is 5.32 Å². The predicted octanol–water partition coefficient (Wildman–Crippen LogP) is 2.88. The van der Waals surface area contributed by atoms with Gasteiger partial charge in [-0.15, -0.1) is 0 Å². The van der Waals surface area contributed by atoms with Gasteiger partial charge in [0.15, 0.2) is 0 Å². The van der Waals surface area contributed by atoms with Crippen molar-refractivity contribution in [3.8, 4) is 0 Å². The summed E-state index contributed by atoms with van der Waals surface area (Å²) in [4.78, 5) is 27.3. The fourth-order valence-electron chi connectivity index (χ4n) is 2.23. The second-order valence-corrected chi connectivity index (χ2v) is 5.57. The molecule has 0 unspecified atom stereocenters. The number of nitrogens with zero attached hydrogens (tertiary/aromatic N) is 2. The highest BCUT2D eigenvalue weighted by Crippen LogP contribution is 2.20. The highest BCUT2D eigenvalue weighted by molar-refractivity contribution is 6.01. The van der Waals surface area contributed by atoms with E-state index in [9.17, 15) is 14.0 Å². The number of anilines is 3. The van der Waals surface area contributed by atoms with Crippen molar-refractivity contribution in [2.75, 3.05) is 35.8 Å². The van der Waals surface area contributed by atoms with Gasteiger partial charge < -0.3 is 15.1 Å². The van der Waals surface area contributed by atoms with Gasteiger partial charge in [-0.3, -0.25) is 9.59 Å². The summed E-state index contributed by atoms with van der Waals surface area (Å²) in [7, 11) is 3.84. The van der Waals surface area contributed by atoms with Crippen LogP contribution in [0.4, 0.5) is 21.5 Å². The molecule has 0 saturated carbocycles. The first-order chi connectivity index (χ1) is 11.4. The van der Waals surface area contributed by atoms with Gasteiger partial charge in [-0.1, -0.05) is 6.07 Å². The number of hydrogen-bond donors (Lipinski definition) is 1. The van der Waals surface area contributed by atoms with Gasteiger partial charge in [-0.2, -0.15) is 0 Å². The normalized spacial score (nSPS) is 10.2. The summed E-state index contributed by atoms with van der Waals surface area (Å²) in [5.41, 5.74) is 1.97. The van der Waals surface area contributed by atoms with Crippen molar-refractivity contribution in [3.63, 3.8) is 0 Å². The minimum absolute atomic E-state index is 0.146. The molecule has 0 bridgehead atoms. The maximum atomic E-state index is 13.2. The minimum Gasteiger partial charge on any atom is -0.378 e. The Labute approximate surface area is 140 Å². The second-order valence-electron chi connectivity index (χ2n) is 5.57. The Hall–Kier alpha value is -2.89. The Balaban J connectivity index is 2.10. The van der Waals surface area contributed by atoms with Gasteiger partial charge in [0.2, 0.25) is 11.8 Å². The van der Waals surface area contributed by atoms with Crippen LogP contribution >= 0.6 is 0 Å². The standard InChI is InChI=1S/C18H20FN3O2/c1-13(23)22(17-9-7-16(8-10-17)21(2)3)12-18(24)20-15-6-4-5-14(19)11-15/h4-11H,12H2,1-3H3,(H,20,24). The summed E-state index contributed by atoms with van der Waals surface area (Å²) >= 11 is 0. The lowest BCUT2D eigenvalue weighted by Gasteiger charge is -2.22. The van der Waals surface area contributed by atoms with E-state index in [-0.39, 0.29) is 12.5 Å². The predicted molar refractivity (Wildman–Crippen MR) is 93.8 cm³/mol. The molecular formula is C18H20FN3O2. The molecule has 1 N–H and O–H groups in total. The van der Waals surface area contributed by atoms with Crippen LogP contribution in [-0.4, -0.2) is 32.5 Å². The molecule has 0 spiro atoms. The first kappa shape index (κ1) is 17.5. The molecule has 0 radical (unpaired) electrons. The minimum atomic E-state index is -0.435. The van der Waals surface area contributed by atoms with Crippen molar-refractivity contribution in [1.82, 2.24) is 0 Å². The lowest BCUT2D eigenvalue weighted by molar-refractivity contribution is -0.120. The molecule has 0 fully saturated rings. The number of carbonyl (C=O) groups is 2. The van der Waals surface area contributed by atoms with Gasteiger partial charge in [-0.05, 0) is 42.5 Å². The first-order valence-electron chi connectivity index (χ1n) is 7.47. The molecule has 0 atom stereocenters. The van der Waals surface area contributed by atoms with Crippen LogP contribution in [0.1, 0.15) is 6.92 Å². The molecule has 5 nitrogen and oxygen atoms in total. The van der Waals surface area contributed by atoms with Gasteiger partial charge in [-0.25, -0.2) is 4.39 Å². The average Bonchev–Trinajstić information content (AvgIpc) is 2.52. The molecule has 0 aliphatic rings. The number of carbonyl (C=O) groups excluding carboxylic acids is 2. The zero-order chi connectivity index (χ0) is 17.7. The summed E-state index contributed by atoms with van der Waals surface area (Å²) in [5, 5.41) is 2.59. The molecule has 2 aromatic carbocycles. The van der Waals surface area contributed by atoms with Crippen LogP contribution in [0.15, 0.2) is 48.5 Å². The highest BCUT2D eigenvalue weighted by atomic mass is 19.1. The smallest absolute Gasteiger partial charge is 0.244 e. The van der Waals surface area contributed by atoms with Crippen LogP contribution < -0.4 is 15.1 Å². The lowest BCUT2D eigenvalue weighted by atomic mass is 10.2. The highest BCUT2D eigenvalue weighted by Gasteiger charge is 2.16. The monoisotopic (exact) mass is 329 g/mol. The van der Waals surface area contributed by atoms with E-state index in [4.69, 9.17) is 0 Å². The van der Waals surface area contributed by atoms with E-state index >= 15 is 0 Å². The molecule has 0 saturated heterocycles. The van der Waals surface area contributed by atoms with Crippen molar-refractivity contribution < 1.29 is 14.0 Å². The number of halogens is 1. The van der Waals surface area contributed by atoms with E-state index in [1.165, 1.54) is 30.0 Å². The summed E-state index contributed by atoms with van der Waals surface area (Å²) in [6.45, 7) is 1.25. The summed E-state index contributed by atoms with van der Waals surface area (Å²) in [5.74, 6) is -1.08. The number of hydrogen-bond acceptors (Lipinski definition) is 3. The second kappa shape index (κ2) is 7.59. The molecule has 2 aromatic rings. The van der Waals surface area contributed by atoms with Crippen molar-refractivity contribution in [1.29, 1.82) is 0 Å². The molecule has 2 amide bonds. The van der Waals surface area contributed by atoms with Gasteiger partial charge >= 0.3 is 0 Å². The van der Waals surface area contributed by atoms with E-state index < -0.39 is 11.7 Å². The molecule has 0 aliphatic heterocycles. The third-order valence-electron chi connectivity index (χ3n) is 3.47. The fourth-order valence-corrected chi connectivity index (χ4v) is 2.23. The van der Waals surface area contributed by atoms with E-state index in [1.807, 2.05) is 31.1 Å². The number of amides is 2. The average molecular weight is 329 g/mol. The van der Waals surface area contributed by atoms with Crippen LogP contribution in [0.2, 0.25) is 0 Å². The summed E-state index contributed by atoms with van der Waals surface area (Å²) in [6.07, 6.45) is 0. The number of benzene rings is 2. The van der Waals surface area contributed by atoms with Crippen molar-refractivity contribution in [3.05, 3.63) is 54.3 Å². The summed E-state index contributed by atoms with van der Waals surface area (Å²) in [6, 6.07) is 12.9. The van der Waals surface area contributed by atoms with E-state index in [0.717, 1.165) is 5.69 Å². The molecule has 126 valence electrons. The maximum Gasteiger partial charge on any atom is 0.244 e. The third-order valence-corrected chi connectivity index (χ3v) is 3.47. The van der Waals surface area contributed by atoms with Crippen molar-refractivity contribution in [2.24, 2.45) is 0 Å². The SMILES string of the molecule is CC(=O)N(CC(=O)Nc1cccc(F)c1)c1ccc(N(C)C)cc1. The Bertz CT molecular complexity index is 729. The van der Waals surface area contributed by atoms with Crippen LogP contribution in [0, 0.1) is 5.82 Å². The number of nitrogens with one attached hydrogen (secondary N) is 1. The first-order valence-corrected chi connectivity index (χ1v) is 7.47. The Morgan fingerprint density at radius 1 is 1.04 bits per heavy atom. The molecule has 0 aromatic heterocycles. The van der Waals surface area contributed by atoms with Crippen LogP contribution in [0.5, 0.6) is 0 Å². The molecular weight excluding hydrogens is 309 g/mol. The van der Waals surface area contributed by atoms with E-state index in [0.29, 0.717) is 11.4 Å². The molecule has 6 heteroatoms. The molecule has 0 aliphatic carbocycles. The van der Waals surface area contributed by atoms with Gasteiger partial charge in [0.25, 0.3) is 0 Å². The van der Waals surface area contributed by atoms with Crippen LogP contribution in [-0.2, 0) is 9.59 Å². The zero-order valence-corrected chi connectivity index (χ0v) is 13.9. The Morgan fingerprint density at radius 2 is 1.67 bits per heavy atom. The third kappa shape index (κ3) is 4.55. The Morgan fingerprint density at radius 3 is 2.21 bits per heavy atom. The topological polar surface area (TPSA) is 52.7 Å².